The molecule has 0 spiro atoms. The van der Waals surface area contributed by atoms with Crippen LogP contribution in [0, 0.1) is 11.3 Å². The van der Waals surface area contributed by atoms with Crippen molar-refractivity contribution >= 4 is 56.6 Å². The van der Waals surface area contributed by atoms with Gasteiger partial charge in [-0.15, -0.1) is 0 Å². The van der Waals surface area contributed by atoms with Crippen molar-refractivity contribution in [2.45, 2.75) is 4.90 Å². The van der Waals surface area contributed by atoms with Crippen LogP contribution < -0.4 is 19.5 Å². The number of carbonyl (C=O) groups is 1. The Kier molecular flexibility index (Phi) is 6.65. The number of nitrogens with one attached hydrogen (secondary N) is 2. The van der Waals surface area contributed by atoms with Crippen LogP contribution in [-0.4, -0.2) is 21.1 Å². The second-order valence-electron chi connectivity index (χ2n) is 6.97. The van der Waals surface area contributed by atoms with E-state index in [1.54, 1.807) is 30.3 Å². The molecule has 4 rings (SSSR count). The molecule has 0 bridgehead atoms. The molecular weight excluding hydrogens is 501 g/mol. The summed E-state index contributed by atoms with van der Waals surface area (Å²) in [5, 5.41) is 12.1. The Morgan fingerprint density at radius 2 is 1.76 bits per heavy atom. The molecule has 0 atom stereocenters. The van der Waals surface area contributed by atoms with E-state index in [1.807, 2.05) is 6.07 Å². The lowest BCUT2D eigenvalue weighted by Crippen LogP contribution is -2.16. The van der Waals surface area contributed by atoms with Gasteiger partial charge >= 0.3 is 0 Å². The monoisotopic (exact) mass is 515 g/mol. The number of nitriles is 1. The first-order valence-corrected chi connectivity index (χ1v) is 11.9. The standard InChI is InChI=1S/C23H15Cl2N3O5S/c24-17-3-1-2-4-19(17)28-34(30,31)22-11-16(6-7-18(22)25)27-23(29)15(12-26)9-14-5-8-20-21(10-14)33-13-32-20/h1-11,28H,13H2,(H,27,29)/b15-9-. The van der Waals surface area contributed by atoms with Gasteiger partial charge in [0, 0.05) is 5.69 Å². The van der Waals surface area contributed by atoms with Gasteiger partial charge in [0.05, 0.1) is 15.7 Å². The van der Waals surface area contributed by atoms with Crippen LogP contribution in [0.4, 0.5) is 11.4 Å². The summed E-state index contributed by atoms with van der Waals surface area (Å²) >= 11 is 12.2. The molecular formula is C23H15Cl2N3O5S. The van der Waals surface area contributed by atoms with Gasteiger partial charge in [-0.2, -0.15) is 5.26 Å². The predicted octanol–water partition coefficient (Wildman–Crippen LogP) is 5.07. The molecule has 0 aromatic heterocycles. The Labute approximate surface area is 205 Å². The quantitative estimate of drug-likeness (QED) is 0.349. The number of hydrogen-bond donors (Lipinski definition) is 2. The van der Waals surface area contributed by atoms with Crippen molar-refractivity contribution in [1.29, 1.82) is 5.26 Å². The lowest BCUT2D eigenvalue weighted by Gasteiger charge is -2.12. The zero-order valence-corrected chi connectivity index (χ0v) is 19.5. The highest BCUT2D eigenvalue weighted by molar-refractivity contribution is 7.92. The highest BCUT2D eigenvalue weighted by Crippen LogP contribution is 2.33. The second-order valence-corrected chi connectivity index (χ2v) is 9.43. The van der Waals surface area contributed by atoms with Crippen molar-refractivity contribution < 1.29 is 22.7 Å². The third kappa shape index (κ3) is 5.10. The Morgan fingerprint density at radius 1 is 1.00 bits per heavy atom. The third-order valence-corrected chi connectivity index (χ3v) is 6.85. The van der Waals surface area contributed by atoms with E-state index in [0.717, 1.165) is 0 Å². The number of para-hydroxylation sites is 1. The summed E-state index contributed by atoms with van der Waals surface area (Å²) in [6.45, 7) is 0.0984. The fourth-order valence-corrected chi connectivity index (χ4v) is 4.89. The molecule has 3 aromatic carbocycles. The van der Waals surface area contributed by atoms with Crippen LogP contribution in [0.1, 0.15) is 5.56 Å². The Morgan fingerprint density at radius 3 is 2.53 bits per heavy atom. The molecule has 1 heterocycles. The summed E-state index contributed by atoms with van der Waals surface area (Å²) in [5.41, 5.74) is 0.653. The van der Waals surface area contributed by atoms with E-state index in [2.05, 4.69) is 10.0 Å². The average Bonchev–Trinajstić information content (AvgIpc) is 3.28. The van der Waals surface area contributed by atoms with Crippen molar-refractivity contribution in [3.63, 3.8) is 0 Å². The first-order chi connectivity index (χ1) is 16.3. The maximum Gasteiger partial charge on any atom is 0.266 e. The van der Waals surface area contributed by atoms with Crippen LogP contribution in [0.3, 0.4) is 0 Å². The average molecular weight is 516 g/mol. The van der Waals surface area contributed by atoms with E-state index in [-0.39, 0.29) is 38.7 Å². The number of rotatable bonds is 6. The SMILES string of the molecule is N#C/C(=C/c1ccc2c(c1)OCO2)C(=O)Nc1ccc(Cl)c(S(=O)(=O)Nc2ccccc2Cl)c1. The van der Waals surface area contributed by atoms with Crippen molar-refractivity contribution in [2.24, 2.45) is 0 Å². The molecule has 0 fully saturated rings. The lowest BCUT2D eigenvalue weighted by molar-refractivity contribution is -0.112. The number of hydrogen-bond acceptors (Lipinski definition) is 6. The molecule has 1 aliphatic heterocycles. The van der Waals surface area contributed by atoms with E-state index >= 15 is 0 Å². The van der Waals surface area contributed by atoms with Gasteiger partial charge in [0.2, 0.25) is 6.79 Å². The van der Waals surface area contributed by atoms with E-state index in [1.165, 1.54) is 36.4 Å². The molecule has 0 saturated carbocycles. The summed E-state index contributed by atoms with van der Waals surface area (Å²) < 4.78 is 38.7. The van der Waals surface area contributed by atoms with Crippen LogP contribution >= 0.6 is 23.2 Å². The minimum absolute atomic E-state index is 0.0611. The molecule has 1 amide bonds. The summed E-state index contributed by atoms with van der Waals surface area (Å²) in [5.74, 6) is 0.343. The maximum absolute atomic E-state index is 12.9. The smallest absolute Gasteiger partial charge is 0.266 e. The molecule has 0 unspecified atom stereocenters. The van der Waals surface area contributed by atoms with Gasteiger partial charge in [-0.05, 0) is 54.1 Å². The van der Waals surface area contributed by atoms with Crippen molar-refractivity contribution in [3.8, 4) is 17.6 Å². The zero-order chi connectivity index (χ0) is 24.3. The van der Waals surface area contributed by atoms with E-state index in [4.69, 9.17) is 32.7 Å². The molecule has 1 aliphatic rings. The minimum atomic E-state index is -4.13. The van der Waals surface area contributed by atoms with Crippen molar-refractivity contribution in [2.75, 3.05) is 16.8 Å². The van der Waals surface area contributed by atoms with Crippen molar-refractivity contribution in [1.82, 2.24) is 0 Å². The van der Waals surface area contributed by atoms with Gasteiger partial charge in [-0.3, -0.25) is 9.52 Å². The van der Waals surface area contributed by atoms with Crippen LogP contribution in [0.5, 0.6) is 11.5 Å². The van der Waals surface area contributed by atoms with E-state index in [9.17, 15) is 18.5 Å². The number of ether oxygens (including phenoxy) is 2. The first-order valence-electron chi connectivity index (χ1n) is 9.66. The lowest BCUT2D eigenvalue weighted by atomic mass is 10.1. The number of benzene rings is 3. The van der Waals surface area contributed by atoms with Crippen molar-refractivity contribution in [3.05, 3.63) is 81.8 Å². The summed E-state index contributed by atoms with van der Waals surface area (Å²) in [6.07, 6.45) is 1.38. The number of amides is 1. The van der Waals surface area contributed by atoms with Gasteiger partial charge in [-0.1, -0.05) is 41.4 Å². The van der Waals surface area contributed by atoms with E-state index in [0.29, 0.717) is 17.1 Å². The molecule has 172 valence electrons. The van der Waals surface area contributed by atoms with Gasteiger partial charge in [-0.25, -0.2) is 8.42 Å². The molecule has 11 heteroatoms. The summed E-state index contributed by atoms with van der Waals surface area (Å²) in [6, 6.07) is 17.1. The van der Waals surface area contributed by atoms with Crippen LogP contribution in [-0.2, 0) is 14.8 Å². The number of halogens is 2. The maximum atomic E-state index is 12.9. The highest BCUT2D eigenvalue weighted by atomic mass is 35.5. The predicted molar refractivity (Wildman–Crippen MR) is 128 cm³/mol. The summed E-state index contributed by atoms with van der Waals surface area (Å²) in [4.78, 5) is 12.4. The number of anilines is 2. The zero-order valence-electron chi connectivity index (χ0n) is 17.2. The van der Waals surface area contributed by atoms with Gasteiger partial charge < -0.3 is 14.8 Å². The third-order valence-electron chi connectivity index (χ3n) is 4.67. The molecule has 8 nitrogen and oxygen atoms in total. The fourth-order valence-electron chi connectivity index (χ4n) is 3.05. The van der Waals surface area contributed by atoms with Crippen LogP contribution in [0.25, 0.3) is 6.08 Å². The topological polar surface area (TPSA) is 118 Å². The minimum Gasteiger partial charge on any atom is -0.454 e. The van der Waals surface area contributed by atoms with Crippen LogP contribution in [0.15, 0.2) is 71.1 Å². The number of sulfonamides is 1. The first kappa shape index (κ1) is 23.4. The molecule has 0 radical (unpaired) electrons. The molecule has 3 aromatic rings. The van der Waals surface area contributed by atoms with Gasteiger partial charge in [0.25, 0.3) is 15.9 Å². The Balaban J connectivity index is 1.57. The highest BCUT2D eigenvalue weighted by Gasteiger charge is 2.21. The van der Waals surface area contributed by atoms with E-state index < -0.39 is 15.9 Å². The second kappa shape index (κ2) is 9.65. The molecule has 0 aliphatic carbocycles. The molecule has 2 N–H and O–H groups in total. The number of fused-ring (bicyclic) bond motifs is 1. The largest absolute Gasteiger partial charge is 0.454 e. The van der Waals surface area contributed by atoms with Gasteiger partial charge in [0.1, 0.15) is 16.5 Å². The number of carbonyl (C=O) groups excluding carboxylic acids is 1. The molecule has 0 saturated heterocycles. The Bertz CT molecular complexity index is 1470. The summed E-state index contributed by atoms with van der Waals surface area (Å²) in [7, 11) is -4.13. The Hall–Kier alpha value is -3.71. The van der Waals surface area contributed by atoms with Crippen LogP contribution in [0.2, 0.25) is 10.0 Å². The number of nitrogens with zero attached hydrogens (tertiary/aromatic N) is 1. The molecule has 34 heavy (non-hydrogen) atoms. The fraction of sp³-hybridized carbons (Fsp3) is 0.0435. The van der Waals surface area contributed by atoms with Gasteiger partial charge in [0.15, 0.2) is 11.5 Å². The normalized spacial score (nSPS) is 12.7.